The molecule has 0 radical (unpaired) electrons. The van der Waals surface area contributed by atoms with Gasteiger partial charge in [-0.3, -0.25) is 14.4 Å². The second-order valence-corrected chi connectivity index (χ2v) is 5.50. The summed E-state index contributed by atoms with van der Waals surface area (Å²) in [6.07, 6.45) is 2.27. The van der Waals surface area contributed by atoms with Crippen LogP contribution in [0.2, 0.25) is 0 Å². The second kappa shape index (κ2) is 7.97. The summed E-state index contributed by atoms with van der Waals surface area (Å²) in [5, 5.41) is 2.50. The molecule has 0 bridgehead atoms. The van der Waals surface area contributed by atoms with Gasteiger partial charge in [0.25, 0.3) is 0 Å². The summed E-state index contributed by atoms with van der Waals surface area (Å²) < 4.78 is 4.56. The first-order valence-electron chi connectivity index (χ1n) is 7.14. The number of methoxy groups -OCH3 is 1. The van der Waals surface area contributed by atoms with Gasteiger partial charge < -0.3 is 19.9 Å². The lowest BCUT2D eigenvalue weighted by Gasteiger charge is -2.26. The molecule has 0 heterocycles. The van der Waals surface area contributed by atoms with Crippen LogP contribution in [0.5, 0.6) is 0 Å². The molecule has 0 aromatic rings. The molecule has 21 heavy (non-hydrogen) atoms. The van der Waals surface area contributed by atoms with Crippen LogP contribution in [-0.4, -0.2) is 74.0 Å². The van der Waals surface area contributed by atoms with Crippen LogP contribution in [0, 0.1) is 0 Å². The Hall–Kier alpha value is -1.63. The van der Waals surface area contributed by atoms with E-state index < -0.39 is 12.0 Å². The first-order chi connectivity index (χ1) is 9.85. The van der Waals surface area contributed by atoms with Crippen molar-refractivity contribution in [3.8, 4) is 0 Å². The smallest absolute Gasteiger partial charge is 0.308 e. The number of hydrogen-bond acceptors (Lipinski definition) is 5. The highest BCUT2D eigenvalue weighted by molar-refractivity contribution is 5.90. The van der Waals surface area contributed by atoms with Crippen molar-refractivity contribution in [3.05, 3.63) is 0 Å². The maximum Gasteiger partial charge on any atom is 0.308 e. The Morgan fingerprint density at radius 2 is 1.86 bits per heavy atom. The van der Waals surface area contributed by atoms with E-state index >= 15 is 0 Å². The molecule has 1 saturated carbocycles. The van der Waals surface area contributed by atoms with E-state index in [9.17, 15) is 14.4 Å². The van der Waals surface area contributed by atoms with Gasteiger partial charge in [0.15, 0.2) is 0 Å². The van der Waals surface area contributed by atoms with Crippen LogP contribution in [-0.2, 0) is 19.1 Å². The largest absolute Gasteiger partial charge is 0.469 e. The number of nitrogens with zero attached hydrogens (tertiary/aromatic N) is 2. The molecular weight excluding hydrogens is 274 g/mol. The normalized spacial score (nSPS) is 15.5. The van der Waals surface area contributed by atoms with E-state index in [1.165, 1.54) is 26.9 Å². The Morgan fingerprint density at radius 1 is 1.24 bits per heavy atom. The molecule has 0 aromatic heterocycles. The van der Waals surface area contributed by atoms with E-state index in [4.69, 9.17) is 0 Å². The average Bonchev–Trinajstić information content (AvgIpc) is 3.26. The molecule has 7 nitrogen and oxygen atoms in total. The Kier molecular flexibility index (Phi) is 6.61. The monoisotopic (exact) mass is 299 g/mol. The number of rotatable bonds is 8. The summed E-state index contributed by atoms with van der Waals surface area (Å²) in [5.74, 6) is -1.15. The summed E-state index contributed by atoms with van der Waals surface area (Å²) in [4.78, 5) is 38.6. The van der Waals surface area contributed by atoms with Crippen LogP contribution in [0.15, 0.2) is 0 Å². The number of nitrogens with one attached hydrogen (secondary N) is 1. The Labute approximate surface area is 125 Å². The van der Waals surface area contributed by atoms with Crippen molar-refractivity contribution in [2.75, 3.05) is 34.3 Å². The zero-order valence-electron chi connectivity index (χ0n) is 13.2. The Bertz CT molecular complexity index is 396. The van der Waals surface area contributed by atoms with E-state index in [-0.39, 0.29) is 18.2 Å². The van der Waals surface area contributed by atoms with Crippen molar-refractivity contribution < 1.29 is 19.1 Å². The zero-order valence-corrected chi connectivity index (χ0v) is 13.2. The summed E-state index contributed by atoms with van der Waals surface area (Å²) >= 11 is 0. The molecule has 1 fully saturated rings. The molecule has 2 amide bonds. The number of carbonyl (C=O) groups is 3. The number of amides is 2. The summed E-state index contributed by atoms with van der Waals surface area (Å²) in [5.41, 5.74) is 0. The summed E-state index contributed by atoms with van der Waals surface area (Å²) in [6, 6.07) is -0.235. The number of ether oxygens (including phenoxy) is 1. The molecular formula is C14H25N3O4. The van der Waals surface area contributed by atoms with Gasteiger partial charge in [-0.1, -0.05) is 0 Å². The quantitative estimate of drug-likeness (QED) is 0.617. The molecule has 0 aromatic carbocycles. The van der Waals surface area contributed by atoms with Gasteiger partial charge in [-0.15, -0.1) is 0 Å². The summed E-state index contributed by atoms with van der Waals surface area (Å²) in [6.45, 7) is 2.65. The number of likely N-dealkylation sites (N-methyl/N-ethyl adjacent to an activating group) is 2. The number of carbonyl (C=O) groups excluding carboxylic acids is 3. The van der Waals surface area contributed by atoms with Crippen molar-refractivity contribution in [1.82, 2.24) is 15.1 Å². The van der Waals surface area contributed by atoms with Gasteiger partial charge in [-0.2, -0.15) is 0 Å². The van der Waals surface area contributed by atoms with E-state index in [1.807, 2.05) is 7.05 Å². The van der Waals surface area contributed by atoms with Crippen molar-refractivity contribution >= 4 is 17.8 Å². The minimum atomic E-state index is -0.869. The molecule has 0 unspecified atom stereocenters. The maximum absolute atomic E-state index is 12.3. The highest BCUT2D eigenvalue weighted by atomic mass is 16.5. The van der Waals surface area contributed by atoms with E-state index in [0.717, 1.165) is 6.54 Å². The Morgan fingerprint density at radius 3 is 2.33 bits per heavy atom. The van der Waals surface area contributed by atoms with E-state index in [0.29, 0.717) is 12.6 Å². The van der Waals surface area contributed by atoms with Gasteiger partial charge in [-0.25, -0.2) is 0 Å². The first kappa shape index (κ1) is 17.4. The van der Waals surface area contributed by atoms with Crippen LogP contribution in [0.3, 0.4) is 0 Å². The minimum Gasteiger partial charge on any atom is -0.469 e. The number of hydrogen-bond donors (Lipinski definition) is 1. The molecule has 1 N–H and O–H groups in total. The molecule has 0 spiro atoms. The van der Waals surface area contributed by atoms with Gasteiger partial charge >= 0.3 is 5.97 Å². The van der Waals surface area contributed by atoms with Gasteiger partial charge in [0.05, 0.1) is 13.5 Å². The molecule has 120 valence electrons. The van der Waals surface area contributed by atoms with Crippen LogP contribution < -0.4 is 5.32 Å². The molecule has 1 atom stereocenters. The maximum atomic E-state index is 12.3. The van der Waals surface area contributed by atoms with E-state index in [2.05, 4.69) is 15.0 Å². The lowest BCUT2D eigenvalue weighted by atomic mass is 10.1. The standard InChI is InChI=1S/C14H25N3O4/c1-10(18)15-12(9-13(19)21-4)14(20)17(3)8-7-16(2)11-5-6-11/h11-12H,5-9H2,1-4H3,(H,15,18)/t12-/m0/s1. The second-order valence-electron chi connectivity index (χ2n) is 5.50. The van der Waals surface area contributed by atoms with Crippen LogP contribution in [0.25, 0.3) is 0 Å². The fourth-order valence-corrected chi connectivity index (χ4v) is 2.08. The minimum absolute atomic E-state index is 0.155. The van der Waals surface area contributed by atoms with E-state index in [1.54, 1.807) is 11.9 Å². The van der Waals surface area contributed by atoms with Gasteiger partial charge in [0, 0.05) is 33.1 Å². The van der Waals surface area contributed by atoms with Gasteiger partial charge in [-0.05, 0) is 19.9 Å². The van der Waals surface area contributed by atoms with Crippen molar-refractivity contribution in [2.24, 2.45) is 0 Å². The average molecular weight is 299 g/mol. The van der Waals surface area contributed by atoms with Crippen LogP contribution >= 0.6 is 0 Å². The van der Waals surface area contributed by atoms with Crippen molar-refractivity contribution in [3.63, 3.8) is 0 Å². The molecule has 1 aliphatic rings. The molecule has 0 saturated heterocycles. The third-order valence-electron chi connectivity index (χ3n) is 3.61. The van der Waals surface area contributed by atoms with Crippen molar-refractivity contribution in [1.29, 1.82) is 0 Å². The fraction of sp³-hybridized carbons (Fsp3) is 0.786. The predicted molar refractivity (Wildman–Crippen MR) is 77.5 cm³/mol. The highest BCUT2D eigenvalue weighted by Crippen LogP contribution is 2.24. The number of esters is 1. The van der Waals surface area contributed by atoms with Gasteiger partial charge in [0.1, 0.15) is 6.04 Å². The third-order valence-corrected chi connectivity index (χ3v) is 3.61. The SMILES string of the molecule is COC(=O)C[C@H](NC(C)=O)C(=O)N(C)CCN(C)C1CC1. The van der Waals surface area contributed by atoms with Crippen LogP contribution in [0.4, 0.5) is 0 Å². The summed E-state index contributed by atoms with van der Waals surface area (Å²) in [7, 11) is 4.97. The topological polar surface area (TPSA) is 78.9 Å². The van der Waals surface area contributed by atoms with Crippen LogP contribution in [0.1, 0.15) is 26.2 Å². The zero-order chi connectivity index (χ0) is 16.0. The lowest BCUT2D eigenvalue weighted by Crippen LogP contribution is -2.49. The lowest BCUT2D eigenvalue weighted by molar-refractivity contribution is -0.145. The fourth-order valence-electron chi connectivity index (χ4n) is 2.08. The molecule has 0 aliphatic heterocycles. The molecule has 1 aliphatic carbocycles. The molecule has 7 heteroatoms. The highest BCUT2D eigenvalue weighted by Gasteiger charge is 2.28. The first-order valence-corrected chi connectivity index (χ1v) is 7.14. The molecule has 1 rings (SSSR count). The predicted octanol–water partition coefficient (Wildman–Crippen LogP) is -0.393. The third kappa shape index (κ3) is 6.12. The van der Waals surface area contributed by atoms with Crippen molar-refractivity contribution in [2.45, 2.75) is 38.3 Å². The van der Waals surface area contributed by atoms with Gasteiger partial charge in [0.2, 0.25) is 11.8 Å². The Balaban J connectivity index is 2.51.